The van der Waals surface area contributed by atoms with E-state index in [1.807, 2.05) is 18.9 Å². The highest BCUT2D eigenvalue weighted by atomic mass is 19.1. The van der Waals surface area contributed by atoms with Gasteiger partial charge in [-0.25, -0.2) is 9.18 Å². The minimum absolute atomic E-state index is 0.203. The van der Waals surface area contributed by atoms with Crippen molar-refractivity contribution in [3.8, 4) is 0 Å². The molecule has 0 bridgehead atoms. The summed E-state index contributed by atoms with van der Waals surface area (Å²) in [6, 6.07) is 6.25. The van der Waals surface area contributed by atoms with Crippen LogP contribution in [0, 0.1) is 5.82 Å². The zero-order chi connectivity index (χ0) is 16.0. The Kier molecular flexibility index (Phi) is 5.52. The van der Waals surface area contributed by atoms with Crippen molar-refractivity contribution in [1.82, 2.24) is 5.01 Å². The fourth-order valence-corrected chi connectivity index (χ4v) is 3.00. The van der Waals surface area contributed by atoms with E-state index in [1.165, 1.54) is 12.1 Å². The van der Waals surface area contributed by atoms with Crippen LogP contribution in [0.25, 0.3) is 0 Å². The molecule has 1 atom stereocenters. The van der Waals surface area contributed by atoms with Gasteiger partial charge in [0.15, 0.2) is 5.54 Å². The molecule has 0 saturated carbocycles. The summed E-state index contributed by atoms with van der Waals surface area (Å²) >= 11 is 0. The van der Waals surface area contributed by atoms with E-state index in [-0.39, 0.29) is 11.8 Å². The zero-order valence-electron chi connectivity index (χ0n) is 13.2. The van der Waals surface area contributed by atoms with E-state index in [4.69, 9.17) is 4.74 Å². The minimum Gasteiger partial charge on any atom is -0.464 e. The maximum atomic E-state index is 13.2. The van der Waals surface area contributed by atoms with Gasteiger partial charge in [-0.05, 0) is 43.9 Å². The number of carbonyl (C=O) groups is 1. The van der Waals surface area contributed by atoms with Crippen molar-refractivity contribution in [3.63, 3.8) is 0 Å². The molecule has 1 aliphatic rings. The first-order chi connectivity index (χ1) is 10.6. The molecule has 1 aromatic rings. The van der Waals surface area contributed by atoms with Gasteiger partial charge in [-0.15, -0.1) is 0 Å². The number of carbonyl (C=O) groups excluding carboxylic acids is 1. The van der Waals surface area contributed by atoms with Crippen LogP contribution >= 0.6 is 0 Å². The van der Waals surface area contributed by atoms with Gasteiger partial charge >= 0.3 is 5.97 Å². The Balaban J connectivity index is 2.21. The van der Waals surface area contributed by atoms with Gasteiger partial charge < -0.3 is 4.74 Å². The maximum Gasteiger partial charge on any atom is 0.333 e. The highest BCUT2D eigenvalue weighted by Gasteiger charge is 2.47. The predicted octanol–water partition coefficient (Wildman–Crippen LogP) is 3.36. The van der Waals surface area contributed by atoms with Crippen molar-refractivity contribution >= 4 is 12.2 Å². The molecule has 0 amide bonds. The zero-order valence-corrected chi connectivity index (χ0v) is 13.2. The van der Waals surface area contributed by atoms with Crippen molar-refractivity contribution in [2.45, 2.75) is 45.1 Å². The predicted molar refractivity (Wildman–Crippen MR) is 84.2 cm³/mol. The number of hydrazone groups is 1. The lowest BCUT2D eigenvalue weighted by atomic mass is 9.91. The largest absolute Gasteiger partial charge is 0.464 e. The first kappa shape index (κ1) is 16.5. The van der Waals surface area contributed by atoms with Gasteiger partial charge in [-0.1, -0.05) is 25.5 Å². The summed E-state index contributed by atoms with van der Waals surface area (Å²) in [5, 5.41) is 6.27. The molecule has 0 aliphatic carbocycles. The van der Waals surface area contributed by atoms with E-state index in [2.05, 4.69) is 5.10 Å². The Morgan fingerprint density at radius 3 is 3.00 bits per heavy atom. The summed E-state index contributed by atoms with van der Waals surface area (Å²) in [4.78, 5) is 12.4. The Morgan fingerprint density at radius 2 is 2.32 bits per heavy atom. The normalized spacial score (nSPS) is 21.5. The lowest BCUT2D eigenvalue weighted by Crippen LogP contribution is -2.49. The molecular weight excluding hydrogens is 283 g/mol. The second kappa shape index (κ2) is 7.38. The molecule has 0 spiro atoms. The van der Waals surface area contributed by atoms with Crippen LogP contribution in [0.4, 0.5) is 4.39 Å². The van der Waals surface area contributed by atoms with Gasteiger partial charge in [-0.2, -0.15) is 5.10 Å². The van der Waals surface area contributed by atoms with Gasteiger partial charge in [-0.3, -0.25) is 5.01 Å². The fraction of sp³-hybridized carbons (Fsp3) is 0.529. The summed E-state index contributed by atoms with van der Waals surface area (Å²) in [6.07, 6.45) is 4.86. The highest BCUT2D eigenvalue weighted by Crippen LogP contribution is 2.35. The van der Waals surface area contributed by atoms with E-state index >= 15 is 0 Å². The number of nitrogens with zero attached hydrogens (tertiary/aromatic N) is 2. The molecule has 22 heavy (non-hydrogen) atoms. The standard InChI is InChI=1S/C17H23FN2O2/c1-3-9-17(16(21)22-4-2)10-6-11-20(17)19-13-14-7-5-8-15(18)12-14/h5,7-8,12-13H,3-4,6,9-11H2,1-2H3/t17-/m1/s1. The maximum absolute atomic E-state index is 13.2. The van der Waals surface area contributed by atoms with Gasteiger partial charge in [0, 0.05) is 6.54 Å². The lowest BCUT2D eigenvalue weighted by molar-refractivity contribution is -0.156. The van der Waals surface area contributed by atoms with E-state index in [0.717, 1.165) is 19.3 Å². The number of benzene rings is 1. The molecule has 4 nitrogen and oxygen atoms in total. The van der Waals surface area contributed by atoms with Crippen LogP contribution < -0.4 is 0 Å². The smallest absolute Gasteiger partial charge is 0.333 e. The highest BCUT2D eigenvalue weighted by molar-refractivity contribution is 5.82. The molecule has 0 radical (unpaired) electrons. The number of ether oxygens (including phenoxy) is 1. The molecule has 1 aliphatic heterocycles. The average Bonchev–Trinajstić information content (AvgIpc) is 2.90. The topological polar surface area (TPSA) is 41.9 Å². The monoisotopic (exact) mass is 306 g/mol. The molecule has 120 valence electrons. The Labute approximate surface area is 131 Å². The van der Waals surface area contributed by atoms with Crippen LogP contribution in [0.2, 0.25) is 0 Å². The molecule has 0 aromatic heterocycles. The first-order valence-corrected chi connectivity index (χ1v) is 7.87. The van der Waals surface area contributed by atoms with Crippen LogP contribution in [0.1, 0.15) is 45.1 Å². The second-order valence-corrected chi connectivity index (χ2v) is 5.53. The molecule has 5 heteroatoms. The van der Waals surface area contributed by atoms with Crippen LogP contribution in [0.5, 0.6) is 0 Å². The van der Waals surface area contributed by atoms with Crippen LogP contribution in [0.15, 0.2) is 29.4 Å². The molecule has 1 saturated heterocycles. The van der Waals surface area contributed by atoms with Crippen molar-refractivity contribution in [2.24, 2.45) is 5.10 Å². The van der Waals surface area contributed by atoms with Crippen LogP contribution in [0.3, 0.4) is 0 Å². The number of hydrogen-bond acceptors (Lipinski definition) is 4. The number of rotatable bonds is 6. The van der Waals surface area contributed by atoms with Crippen molar-refractivity contribution in [3.05, 3.63) is 35.6 Å². The van der Waals surface area contributed by atoms with Crippen LogP contribution in [-0.4, -0.2) is 35.9 Å². The lowest BCUT2D eigenvalue weighted by Gasteiger charge is -2.34. The second-order valence-electron chi connectivity index (χ2n) is 5.53. The molecule has 1 aromatic carbocycles. The molecular formula is C17H23FN2O2. The summed E-state index contributed by atoms with van der Waals surface area (Å²) in [5.41, 5.74) is 0.00959. The Bertz CT molecular complexity index is 547. The van der Waals surface area contributed by atoms with Gasteiger partial charge in [0.05, 0.1) is 12.8 Å². The van der Waals surface area contributed by atoms with Crippen molar-refractivity contribution in [1.29, 1.82) is 0 Å². The SMILES string of the molecule is CCC[C@]1(C(=O)OCC)CCCN1N=Cc1cccc(F)c1. The Morgan fingerprint density at radius 1 is 1.50 bits per heavy atom. The van der Waals surface area contributed by atoms with Gasteiger partial charge in [0.1, 0.15) is 5.82 Å². The fourth-order valence-electron chi connectivity index (χ4n) is 3.00. The number of esters is 1. The van der Waals surface area contributed by atoms with Gasteiger partial charge in [0.2, 0.25) is 0 Å². The summed E-state index contributed by atoms with van der Waals surface area (Å²) in [5.74, 6) is -0.499. The van der Waals surface area contributed by atoms with Crippen LogP contribution in [-0.2, 0) is 9.53 Å². The number of halogens is 1. The third-order valence-corrected chi connectivity index (χ3v) is 3.97. The van der Waals surface area contributed by atoms with E-state index in [9.17, 15) is 9.18 Å². The van der Waals surface area contributed by atoms with Gasteiger partial charge in [0.25, 0.3) is 0 Å². The summed E-state index contributed by atoms with van der Waals surface area (Å²) in [6.45, 7) is 4.94. The average molecular weight is 306 g/mol. The quantitative estimate of drug-likeness (QED) is 0.598. The molecule has 2 rings (SSSR count). The summed E-state index contributed by atoms with van der Waals surface area (Å²) < 4.78 is 18.5. The Hall–Kier alpha value is -1.91. The van der Waals surface area contributed by atoms with E-state index in [1.54, 1.807) is 18.3 Å². The molecule has 1 fully saturated rings. The third kappa shape index (κ3) is 3.46. The number of hydrogen-bond donors (Lipinski definition) is 0. The first-order valence-electron chi connectivity index (χ1n) is 7.87. The minimum atomic E-state index is -0.672. The van der Waals surface area contributed by atoms with E-state index < -0.39 is 5.54 Å². The molecule has 0 unspecified atom stereocenters. The molecule has 1 heterocycles. The van der Waals surface area contributed by atoms with Crippen molar-refractivity contribution in [2.75, 3.05) is 13.2 Å². The third-order valence-electron chi connectivity index (χ3n) is 3.97. The molecule has 0 N–H and O–H groups in total. The summed E-state index contributed by atoms with van der Waals surface area (Å²) in [7, 11) is 0. The van der Waals surface area contributed by atoms with E-state index in [0.29, 0.717) is 25.1 Å². The van der Waals surface area contributed by atoms with Crippen molar-refractivity contribution < 1.29 is 13.9 Å².